The molecule has 0 bridgehead atoms. The van der Waals surface area contributed by atoms with E-state index in [4.69, 9.17) is 0 Å². The summed E-state index contributed by atoms with van der Waals surface area (Å²) in [6.45, 7) is 0. The fourth-order valence-electron chi connectivity index (χ4n) is 8.83. The Labute approximate surface area is 310 Å². The van der Waals surface area contributed by atoms with E-state index in [1.165, 1.54) is 85.1 Å². The molecule has 2 aromatic heterocycles. The first-order valence-corrected chi connectivity index (χ1v) is 19.4. The van der Waals surface area contributed by atoms with Crippen LogP contribution in [0.15, 0.2) is 188 Å². The van der Waals surface area contributed by atoms with Gasteiger partial charge in [0.1, 0.15) is 0 Å². The van der Waals surface area contributed by atoms with Crippen LogP contribution >= 0.6 is 22.7 Å². The Bertz CT molecular complexity index is 2920. The maximum atomic E-state index is 2.51. The molecule has 3 heteroatoms. The van der Waals surface area contributed by atoms with Gasteiger partial charge in [-0.1, -0.05) is 146 Å². The lowest BCUT2D eigenvalue weighted by Crippen LogP contribution is -2.28. The molecule has 1 nitrogen and oxygen atoms in total. The van der Waals surface area contributed by atoms with Crippen molar-refractivity contribution in [1.82, 2.24) is 0 Å². The lowest BCUT2D eigenvalue weighted by molar-refractivity contribution is 0.768. The largest absolute Gasteiger partial charge is 0.308 e. The van der Waals surface area contributed by atoms with E-state index in [1.807, 2.05) is 22.7 Å². The van der Waals surface area contributed by atoms with Crippen LogP contribution in [-0.2, 0) is 5.41 Å². The highest BCUT2D eigenvalue weighted by atomic mass is 32.1. The maximum absolute atomic E-state index is 2.51. The van der Waals surface area contributed by atoms with Gasteiger partial charge in [-0.25, -0.2) is 0 Å². The van der Waals surface area contributed by atoms with Crippen LogP contribution in [0.1, 0.15) is 22.3 Å². The molecule has 11 rings (SSSR count). The number of fused-ring (bicyclic) bond motifs is 9. The number of nitrogens with zero attached hydrogens (tertiary/aromatic N) is 1. The van der Waals surface area contributed by atoms with Crippen molar-refractivity contribution in [2.24, 2.45) is 0 Å². The van der Waals surface area contributed by atoms with Gasteiger partial charge < -0.3 is 4.90 Å². The fraction of sp³-hybridized carbons (Fsp3) is 0.0204. The van der Waals surface area contributed by atoms with E-state index >= 15 is 0 Å². The van der Waals surface area contributed by atoms with Crippen LogP contribution in [0, 0.1) is 0 Å². The van der Waals surface area contributed by atoms with Crippen molar-refractivity contribution in [2.45, 2.75) is 5.41 Å². The average Bonchev–Trinajstić information content (AvgIpc) is 3.88. The van der Waals surface area contributed by atoms with Crippen LogP contribution in [0.5, 0.6) is 0 Å². The van der Waals surface area contributed by atoms with Crippen molar-refractivity contribution >= 4 is 80.1 Å². The van der Waals surface area contributed by atoms with Gasteiger partial charge in [0.2, 0.25) is 0 Å². The molecule has 0 saturated carbocycles. The van der Waals surface area contributed by atoms with Gasteiger partial charge in [0.05, 0.1) is 21.5 Å². The van der Waals surface area contributed by atoms with E-state index in [1.54, 1.807) is 0 Å². The molecule has 2 heterocycles. The summed E-state index contributed by atoms with van der Waals surface area (Å²) >= 11 is 3.75. The quantitative estimate of drug-likeness (QED) is 0.173. The molecule has 1 aliphatic carbocycles. The minimum Gasteiger partial charge on any atom is -0.308 e. The Balaban J connectivity index is 1.18. The van der Waals surface area contributed by atoms with Crippen LogP contribution in [-0.4, -0.2) is 0 Å². The molecule has 1 aliphatic rings. The molecule has 8 aromatic carbocycles. The number of hydrogen-bond donors (Lipinski definition) is 0. The second-order valence-corrected chi connectivity index (χ2v) is 15.7. The highest BCUT2D eigenvalue weighted by Gasteiger charge is 2.45. The Kier molecular flexibility index (Phi) is 6.57. The number of benzene rings is 8. The Morgan fingerprint density at radius 3 is 1.65 bits per heavy atom. The molecule has 0 saturated heterocycles. The third-order valence-corrected chi connectivity index (χ3v) is 13.3. The summed E-state index contributed by atoms with van der Waals surface area (Å²) in [4.78, 5) is 2.51. The lowest BCUT2D eigenvalue weighted by Gasteiger charge is -2.34. The van der Waals surface area contributed by atoms with Gasteiger partial charge in [-0.3, -0.25) is 0 Å². The van der Waals surface area contributed by atoms with Crippen molar-refractivity contribution in [3.05, 3.63) is 210 Å². The van der Waals surface area contributed by atoms with Crippen LogP contribution in [0.4, 0.5) is 17.1 Å². The number of thiophene rings is 2. The van der Waals surface area contributed by atoms with Crippen molar-refractivity contribution in [2.75, 3.05) is 4.90 Å². The van der Waals surface area contributed by atoms with Gasteiger partial charge in [-0.05, 0) is 75.8 Å². The maximum Gasteiger partial charge on any atom is 0.0713 e. The molecule has 0 aliphatic heterocycles. The number of rotatable bonds is 5. The molecule has 52 heavy (non-hydrogen) atoms. The second kappa shape index (κ2) is 11.5. The molecular weight excluding hydrogens is 667 g/mol. The molecule has 0 radical (unpaired) electrons. The minimum atomic E-state index is -0.438. The van der Waals surface area contributed by atoms with Crippen LogP contribution in [0.25, 0.3) is 51.5 Å². The zero-order valence-electron chi connectivity index (χ0n) is 28.2. The highest BCUT2D eigenvalue weighted by molar-refractivity contribution is 7.26. The van der Waals surface area contributed by atoms with Crippen LogP contribution in [0.3, 0.4) is 0 Å². The molecule has 0 amide bonds. The van der Waals surface area contributed by atoms with Crippen LogP contribution in [0.2, 0.25) is 0 Å². The summed E-state index contributed by atoms with van der Waals surface area (Å²) in [6, 6.07) is 69.7. The van der Waals surface area contributed by atoms with Gasteiger partial charge >= 0.3 is 0 Å². The highest BCUT2D eigenvalue weighted by Crippen LogP contribution is 2.56. The summed E-state index contributed by atoms with van der Waals surface area (Å²) in [7, 11) is 0. The first kappa shape index (κ1) is 29.7. The predicted molar refractivity (Wildman–Crippen MR) is 224 cm³/mol. The first-order chi connectivity index (χ1) is 25.8. The second-order valence-electron chi connectivity index (χ2n) is 13.6. The van der Waals surface area contributed by atoms with E-state index in [2.05, 4.69) is 193 Å². The van der Waals surface area contributed by atoms with E-state index in [-0.39, 0.29) is 0 Å². The summed E-state index contributed by atoms with van der Waals surface area (Å²) in [6.07, 6.45) is 0. The molecular formula is C49H31NS2. The molecule has 0 N–H and O–H groups in total. The predicted octanol–water partition coefficient (Wildman–Crippen LogP) is 14.3. The molecule has 0 atom stereocenters. The van der Waals surface area contributed by atoms with E-state index in [9.17, 15) is 0 Å². The van der Waals surface area contributed by atoms with Crippen molar-refractivity contribution in [1.29, 1.82) is 0 Å². The molecule has 0 fully saturated rings. The molecule has 244 valence electrons. The smallest absolute Gasteiger partial charge is 0.0713 e. The van der Waals surface area contributed by atoms with Crippen molar-refractivity contribution in [3.63, 3.8) is 0 Å². The summed E-state index contributed by atoms with van der Waals surface area (Å²) in [5.74, 6) is 0. The standard InChI is InChI=1S/C49H31NS2/c1-2-14-32(15-3-1)49(40-21-8-4-16-35(40)36-17-5-9-22-41(36)49)33-28-30-34(31-29-33)50(42-23-13-27-46-47(42)39-19-7-11-26-45(39)51-46)43-24-12-20-38-37-18-6-10-25-44(37)52-48(38)43/h1-31H. The minimum absolute atomic E-state index is 0.438. The van der Waals surface area contributed by atoms with Gasteiger partial charge in [-0.15, -0.1) is 22.7 Å². The van der Waals surface area contributed by atoms with Gasteiger partial charge in [-0.2, -0.15) is 0 Å². The normalized spacial score (nSPS) is 13.2. The molecule has 10 aromatic rings. The summed E-state index contributed by atoms with van der Waals surface area (Å²) in [5.41, 5.74) is 10.9. The third-order valence-electron chi connectivity index (χ3n) is 11.0. The SMILES string of the molecule is c1ccc(C2(c3ccc(N(c4cccc5c4sc4ccccc45)c4cccc5sc6ccccc6c45)cc3)c3ccccc3-c3ccccc32)cc1. The summed E-state index contributed by atoms with van der Waals surface area (Å²) in [5, 5.41) is 5.20. The van der Waals surface area contributed by atoms with Crippen molar-refractivity contribution in [3.8, 4) is 11.1 Å². The zero-order chi connectivity index (χ0) is 34.2. The Morgan fingerprint density at radius 2 is 0.904 bits per heavy atom. The number of anilines is 3. The monoisotopic (exact) mass is 697 g/mol. The summed E-state index contributed by atoms with van der Waals surface area (Å²) < 4.78 is 5.21. The molecule has 0 unspecified atom stereocenters. The topological polar surface area (TPSA) is 3.24 Å². The van der Waals surface area contributed by atoms with Gasteiger partial charge in [0.15, 0.2) is 0 Å². The fourth-order valence-corrected chi connectivity index (χ4v) is 11.2. The lowest BCUT2D eigenvalue weighted by atomic mass is 9.68. The number of hydrogen-bond acceptors (Lipinski definition) is 3. The average molecular weight is 698 g/mol. The first-order valence-electron chi connectivity index (χ1n) is 17.8. The van der Waals surface area contributed by atoms with Gasteiger partial charge in [0, 0.05) is 41.3 Å². The van der Waals surface area contributed by atoms with E-state index in [0.717, 1.165) is 5.69 Å². The van der Waals surface area contributed by atoms with Crippen molar-refractivity contribution < 1.29 is 0 Å². The van der Waals surface area contributed by atoms with Crippen LogP contribution < -0.4 is 4.90 Å². The van der Waals surface area contributed by atoms with E-state index < -0.39 is 5.41 Å². The third kappa shape index (κ3) is 4.15. The Hall–Kier alpha value is -6.00. The zero-order valence-corrected chi connectivity index (χ0v) is 29.8. The van der Waals surface area contributed by atoms with Gasteiger partial charge in [0.25, 0.3) is 0 Å². The Morgan fingerprint density at radius 1 is 0.365 bits per heavy atom. The molecule has 0 spiro atoms. The van der Waals surface area contributed by atoms with E-state index in [0.29, 0.717) is 0 Å².